The standard InChI is InChI=1S/C90H143N2OS6/c1-5-9-13-17-21-25-29-33-37-39-43-47-51-55-59-65-74-73-96-86-83(74)97-89-87-85(99-88(86)89)75(66-60-56-52-48-44-40-38-34-30-26-22-18-14-10-6-2)84(98-87)82-78-79(81(77-68-64-72-95-77)91(82)69-61-57-53-49-45-41-35-31-27-23-19-15-11-7-3)90(93)92(80(78)76-67-63-71-94-76)70-62-58-54-50-46-42-36-32-28-24-20-16-12-8-4/h63-64,67-68,71-72,82H,5-62,65-66,69-70H2,1-4H3. The van der Waals surface area contributed by atoms with Gasteiger partial charge in [0, 0.05) is 28.9 Å². The molecule has 2 aliphatic heterocycles. The van der Waals surface area contributed by atoms with Crippen molar-refractivity contribution in [2.45, 2.75) is 419 Å². The highest BCUT2D eigenvalue weighted by atomic mass is 32.1. The SMILES string of the molecule is CCCCCCCCCCCCCCCCCc1[c]sc2c1sc1c3sc(C4C5=C(c6cccs6)N(CCCCCCCCCCCCCCCC)C(=O)C5=C(c5cccs5)N4CCCCCCCCCCCCCCCC)c(CCCCCCCCCCCCCCCCC)c3sc21. The van der Waals surface area contributed by atoms with E-state index < -0.39 is 0 Å². The molecule has 0 spiro atoms. The van der Waals surface area contributed by atoms with Crippen molar-refractivity contribution in [3.8, 4) is 0 Å². The molecule has 555 valence electrons. The average molecular weight is 1460 g/mol. The molecule has 0 N–H and O–H groups in total. The number of hydrogen-bond donors (Lipinski definition) is 0. The molecule has 0 fully saturated rings. The Labute approximate surface area is 632 Å². The van der Waals surface area contributed by atoms with Crippen LogP contribution in [-0.2, 0) is 17.6 Å². The maximum Gasteiger partial charge on any atom is 0.260 e. The van der Waals surface area contributed by atoms with Crippen LogP contribution < -0.4 is 0 Å². The number of rotatable bonds is 65. The Hall–Kier alpha value is -2.27. The molecule has 6 aromatic heterocycles. The first kappa shape index (κ1) is 82.4. The van der Waals surface area contributed by atoms with Crippen molar-refractivity contribution < 1.29 is 4.79 Å². The van der Waals surface area contributed by atoms with Gasteiger partial charge in [-0.3, -0.25) is 4.79 Å². The van der Waals surface area contributed by atoms with Gasteiger partial charge in [-0.05, 0) is 72.5 Å². The van der Waals surface area contributed by atoms with Gasteiger partial charge in [0.05, 0.1) is 61.0 Å². The first-order chi connectivity index (χ1) is 49.1. The Morgan fingerprint density at radius 1 is 0.343 bits per heavy atom. The lowest BCUT2D eigenvalue weighted by molar-refractivity contribution is -0.123. The second-order valence-electron chi connectivity index (χ2n) is 30.9. The Morgan fingerprint density at radius 3 is 1.07 bits per heavy atom. The fraction of sp³-hybridized carbons (Fsp3) is 0.744. The van der Waals surface area contributed by atoms with Gasteiger partial charge in [-0.1, -0.05) is 387 Å². The van der Waals surface area contributed by atoms with Crippen LogP contribution in [0.15, 0.2) is 46.2 Å². The summed E-state index contributed by atoms with van der Waals surface area (Å²) in [6.45, 7) is 11.1. The lowest BCUT2D eigenvalue weighted by Gasteiger charge is -2.32. The van der Waals surface area contributed by atoms with Gasteiger partial charge in [-0.15, -0.1) is 68.0 Å². The molecule has 0 saturated carbocycles. The summed E-state index contributed by atoms with van der Waals surface area (Å²) in [4.78, 5) is 25.3. The summed E-state index contributed by atoms with van der Waals surface area (Å²) in [5.74, 6) is 0.265. The van der Waals surface area contributed by atoms with Gasteiger partial charge >= 0.3 is 0 Å². The van der Waals surface area contributed by atoms with Crippen molar-refractivity contribution in [3.05, 3.63) is 77.3 Å². The molecule has 99 heavy (non-hydrogen) atoms. The van der Waals surface area contributed by atoms with E-state index in [1.165, 1.54) is 415 Å². The summed E-state index contributed by atoms with van der Waals surface area (Å²) in [6, 6.07) is 9.20. The highest BCUT2D eigenvalue weighted by Crippen LogP contribution is 2.60. The van der Waals surface area contributed by atoms with Crippen molar-refractivity contribution in [2.75, 3.05) is 13.1 Å². The molecule has 1 unspecified atom stereocenters. The monoisotopic (exact) mass is 1460 g/mol. The van der Waals surface area contributed by atoms with Gasteiger partial charge in [-0.2, -0.15) is 0 Å². The molecule has 1 atom stereocenters. The summed E-state index contributed by atoms with van der Waals surface area (Å²) >= 11 is 12.0. The topological polar surface area (TPSA) is 23.6 Å². The van der Waals surface area contributed by atoms with Crippen molar-refractivity contribution in [1.82, 2.24) is 9.80 Å². The van der Waals surface area contributed by atoms with Crippen LogP contribution in [0.5, 0.6) is 0 Å². The number of fused-ring (bicyclic) bond motifs is 6. The van der Waals surface area contributed by atoms with Gasteiger partial charge in [-0.25, -0.2) is 0 Å². The van der Waals surface area contributed by atoms with Crippen LogP contribution in [0, 0.1) is 5.38 Å². The third-order valence-electron chi connectivity index (χ3n) is 22.4. The van der Waals surface area contributed by atoms with E-state index in [4.69, 9.17) is 0 Å². The third kappa shape index (κ3) is 27.5. The third-order valence-corrected chi connectivity index (χ3v) is 29.6. The second-order valence-corrected chi connectivity index (χ2v) is 36.7. The summed E-state index contributed by atoms with van der Waals surface area (Å²) < 4.78 is 9.20. The van der Waals surface area contributed by atoms with Crippen LogP contribution in [-0.4, -0.2) is 28.8 Å². The van der Waals surface area contributed by atoms with E-state index in [1.807, 2.05) is 34.0 Å². The minimum absolute atomic E-state index is 0.0162. The number of hydrogen-bond acceptors (Lipinski definition) is 8. The highest BCUT2D eigenvalue weighted by molar-refractivity contribution is 7.44. The Bertz CT molecular complexity index is 3070. The lowest BCUT2D eigenvalue weighted by atomic mass is 9.95. The number of unbranched alkanes of at least 4 members (excludes halogenated alkanes) is 54. The van der Waals surface area contributed by atoms with Gasteiger partial charge < -0.3 is 9.80 Å². The van der Waals surface area contributed by atoms with Gasteiger partial charge in [0.25, 0.3) is 5.91 Å². The Balaban J connectivity index is 1.02. The molecule has 1 radical (unpaired) electrons. The van der Waals surface area contributed by atoms with Crippen molar-refractivity contribution in [3.63, 3.8) is 0 Å². The molecule has 6 aromatic rings. The van der Waals surface area contributed by atoms with E-state index in [0.717, 1.165) is 44.3 Å². The number of thiophene rings is 6. The molecular weight excluding hydrogens is 1320 g/mol. The van der Waals surface area contributed by atoms with E-state index in [2.05, 4.69) is 112 Å². The van der Waals surface area contributed by atoms with Crippen LogP contribution in [0.1, 0.15) is 432 Å². The Morgan fingerprint density at radius 2 is 0.677 bits per heavy atom. The number of carbonyl (C=O) groups is 1. The predicted octanol–water partition coefficient (Wildman–Crippen LogP) is 33.1. The summed E-state index contributed by atoms with van der Waals surface area (Å²) in [5.41, 5.74) is 7.92. The normalized spacial score (nSPS) is 14.3. The van der Waals surface area contributed by atoms with Gasteiger partial charge in [0.15, 0.2) is 0 Å². The van der Waals surface area contributed by atoms with Crippen LogP contribution in [0.4, 0.5) is 0 Å². The quantitative estimate of drug-likeness (QED) is 0.0355. The maximum absolute atomic E-state index is 16.0. The number of amides is 1. The van der Waals surface area contributed by atoms with Crippen LogP contribution >= 0.6 is 68.0 Å². The summed E-state index contributed by atoms with van der Waals surface area (Å²) in [6.07, 6.45) is 82.1. The van der Waals surface area contributed by atoms with E-state index in [1.54, 1.807) is 15.1 Å². The first-order valence-corrected chi connectivity index (χ1v) is 48.1. The minimum atomic E-state index is 0.0162. The molecule has 0 aromatic carbocycles. The fourth-order valence-corrected chi connectivity index (χ4v) is 24.0. The highest BCUT2D eigenvalue weighted by Gasteiger charge is 2.51. The zero-order valence-corrected chi connectivity index (χ0v) is 69.0. The van der Waals surface area contributed by atoms with E-state index >= 15 is 4.79 Å². The average Bonchev–Trinajstić information content (AvgIpc) is 1.54. The number of carbonyl (C=O) groups excluding carboxylic acids is 1. The van der Waals surface area contributed by atoms with Crippen LogP contribution in [0.25, 0.3) is 39.6 Å². The first-order valence-electron chi connectivity index (χ1n) is 43.1. The van der Waals surface area contributed by atoms with Crippen LogP contribution in [0.2, 0.25) is 0 Å². The largest absolute Gasteiger partial charge is 0.358 e. The molecule has 1 amide bonds. The predicted molar refractivity (Wildman–Crippen MR) is 451 cm³/mol. The van der Waals surface area contributed by atoms with Crippen molar-refractivity contribution >= 4 is 114 Å². The molecule has 8 heterocycles. The lowest BCUT2D eigenvalue weighted by Crippen LogP contribution is -2.30. The molecule has 9 heteroatoms. The molecule has 2 aliphatic rings. The molecule has 0 aliphatic carbocycles. The smallest absolute Gasteiger partial charge is 0.260 e. The second kappa shape index (κ2) is 51.0. The number of nitrogens with zero attached hydrogens (tertiary/aromatic N) is 2. The number of aryl methyl sites for hydroxylation is 2. The molecular formula is C90H143N2OS6. The van der Waals surface area contributed by atoms with Gasteiger partial charge in [0.2, 0.25) is 0 Å². The summed E-state index contributed by atoms with van der Waals surface area (Å²) in [5, 5.41) is 8.44. The minimum Gasteiger partial charge on any atom is -0.358 e. The van der Waals surface area contributed by atoms with E-state index in [9.17, 15) is 0 Å². The summed E-state index contributed by atoms with van der Waals surface area (Å²) in [7, 11) is 0. The zero-order valence-electron chi connectivity index (χ0n) is 64.1. The maximum atomic E-state index is 16.0. The van der Waals surface area contributed by atoms with E-state index in [-0.39, 0.29) is 11.9 Å². The zero-order chi connectivity index (χ0) is 69.0. The molecule has 0 saturated heterocycles. The molecule has 3 nitrogen and oxygen atoms in total. The van der Waals surface area contributed by atoms with E-state index in [0.29, 0.717) is 0 Å². The molecule has 0 bridgehead atoms. The Kier molecular flexibility index (Phi) is 42.5. The van der Waals surface area contributed by atoms with Crippen molar-refractivity contribution in [1.29, 1.82) is 0 Å². The molecule has 8 rings (SSSR count). The van der Waals surface area contributed by atoms with Gasteiger partial charge in [0.1, 0.15) is 0 Å². The van der Waals surface area contributed by atoms with Crippen molar-refractivity contribution in [2.24, 2.45) is 0 Å². The fourth-order valence-electron chi connectivity index (χ4n) is 16.5. The van der Waals surface area contributed by atoms with Crippen LogP contribution in [0.3, 0.4) is 0 Å².